The highest BCUT2D eigenvalue weighted by atomic mass is 16.5. The lowest BCUT2D eigenvalue weighted by atomic mass is 10.1. The molecule has 2 heterocycles. The van der Waals surface area contributed by atoms with Crippen LogP contribution in [0.3, 0.4) is 0 Å². The molecule has 2 aromatic heterocycles. The van der Waals surface area contributed by atoms with Gasteiger partial charge in [-0.2, -0.15) is 5.26 Å². The number of aromatic nitrogens is 2. The molecular formula is C18H13N5O3. The third-order valence-electron chi connectivity index (χ3n) is 3.40. The van der Waals surface area contributed by atoms with E-state index in [2.05, 4.69) is 20.8 Å². The zero-order valence-electron chi connectivity index (χ0n) is 13.7. The summed E-state index contributed by atoms with van der Waals surface area (Å²) < 4.78 is 4.88. The van der Waals surface area contributed by atoms with Crippen molar-refractivity contribution in [2.75, 3.05) is 10.6 Å². The smallest absolute Gasteiger partial charge is 0.258 e. The van der Waals surface area contributed by atoms with E-state index in [-0.39, 0.29) is 16.9 Å². The molecule has 128 valence electrons. The Balaban J connectivity index is 1.72. The normalized spacial score (nSPS) is 10.0. The number of pyridine rings is 1. The van der Waals surface area contributed by atoms with Crippen LogP contribution in [-0.4, -0.2) is 22.0 Å². The van der Waals surface area contributed by atoms with E-state index in [4.69, 9.17) is 9.78 Å². The Hall–Kier alpha value is -3.99. The molecule has 3 rings (SSSR count). The summed E-state index contributed by atoms with van der Waals surface area (Å²) in [5.41, 5.74) is 1.45. The quantitative estimate of drug-likeness (QED) is 0.748. The summed E-state index contributed by atoms with van der Waals surface area (Å²) in [7, 11) is 0. The largest absolute Gasteiger partial charge is 0.360 e. The van der Waals surface area contributed by atoms with Gasteiger partial charge in [0.25, 0.3) is 11.8 Å². The topological polar surface area (TPSA) is 121 Å². The SMILES string of the molecule is Cc1cc(NC(=O)c2cncc(C(=O)Nc3ccc(C#N)cc3)c2)no1. The highest BCUT2D eigenvalue weighted by Crippen LogP contribution is 2.13. The molecule has 0 aliphatic rings. The Morgan fingerprint density at radius 3 is 2.27 bits per heavy atom. The van der Waals surface area contributed by atoms with Crippen molar-refractivity contribution in [1.82, 2.24) is 10.1 Å². The van der Waals surface area contributed by atoms with Crippen molar-refractivity contribution < 1.29 is 14.1 Å². The van der Waals surface area contributed by atoms with Crippen LogP contribution >= 0.6 is 0 Å². The summed E-state index contributed by atoms with van der Waals surface area (Å²) in [6, 6.07) is 11.4. The second kappa shape index (κ2) is 7.27. The molecule has 0 radical (unpaired) electrons. The van der Waals surface area contributed by atoms with Crippen LogP contribution in [0, 0.1) is 18.3 Å². The first-order chi connectivity index (χ1) is 12.5. The summed E-state index contributed by atoms with van der Waals surface area (Å²) in [6.45, 7) is 1.71. The molecule has 1 aromatic carbocycles. The average molecular weight is 347 g/mol. The van der Waals surface area contributed by atoms with E-state index >= 15 is 0 Å². The standard InChI is InChI=1S/C18H13N5O3/c1-11-6-16(23-26-11)22-18(25)14-7-13(9-20-10-14)17(24)21-15-4-2-12(8-19)3-5-15/h2-7,9-10H,1H3,(H,21,24)(H,22,23,25). The molecule has 0 fully saturated rings. The zero-order valence-corrected chi connectivity index (χ0v) is 13.7. The lowest BCUT2D eigenvalue weighted by Gasteiger charge is -2.06. The zero-order chi connectivity index (χ0) is 18.5. The fourth-order valence-corrected chi connectivity index (χ4v) is 2.13. The minimum atomic E-state index is -0.459. The van der Waals surface area contributed by atoms with Gasteiger partial charge in [0.1, 0.15) is 5.76 Å². The molecule has 3 aromatic rings. The fourth-order valence-electron chi connectivity index (χ4n) is 2.13. The maximum absolute atomic E-state index is 12.3. The van der Waals surface area contributed by atoms with Crippen molar-refractivity contribution in [2.45, 2.75) is 6.92 Å². The molecule has 0 unspecified atom stereocenters. The van der Waals surface area contributed by atoms with E-state index in [1.807, 2.05) is 6.07 Å². The Morgan fingerprint density at radius 2 is 1.69 bits per heavy atom. The lowest BCUT2D eigenvalue weighted by Crippen LogP contribution is -2.16. The van der Waals surface area contributed by atoms with E-state index < -0.39 is 11.8 Å². The minimum Gasteiger partial charge on any atom is -0.360 e. The molecule has 0 aliphatic carbocycles. The van der Waals surface area contributed by atoms with Gasteiger partial charge in [-0.3, -0.25) is 14.6 Å². The van der Waals surface area contributed by atoms with Crippen molar-refractivity contribution in [3.05, 3.63) is 71.2 Å². The van der Waals surface area contributed by atoms with Gasteiger partial charge in [-0.15, -0.1) is 0 Å². The van der Waals surface area contributed by atoms with Crippen LogP contribution in [-0.2, 0) is 0 Å². The molecular weight excluding hydrogens is 334 g/mol. The molecule has 2 N–H and O–H groups in total. The first-order valence-electron chi connectivity index (χ1n) is 7.56. The number of hydrogen-bond acceptors (Lipinski definition) is 6. The monoisotopic (exact) mass is 347 g/mol. The minimum absolute atomic E-state index is 0.207. The number of rotatable bonds is 4. The maximum Gasteiger partial charge on any atom is 0.258 e. The third-order valence-corrected chi connectivity index (χ3v) is 3.40. The van der Waals surface area contributed by atoms with Crippen LogP contribution in [0.25, 0.3) is 0 Å². The molecule has 2 amide bonds. The molecule has 0 spiro atoms. The molecule has 0 aliphatic heterocycles. The van der Waals surface area contributed by atoms with Crippen LogP contribution in [0.5, 0.6) is 0 Å². The van der Waals surface area contributed by atoms with Gasteiger partial charge in [0, 0.05) is 24.1 Å². The van der Waals surface area contributed by atoms with Gasteiger partial charge in [0.05, 0.1) is 22.8 Å². The Morgan fingerprint density at radius 1 is 1.04 bits per heavy atom. The molecule has 8 nitrogen and oxygen atoms in total. The highest BCUT2D eigenvalue weighted by molar-refractivity contribution is 6.08. The molecule has 8 heteroatoms. The number of nitrogens with zero attached hydrogens (tertiary/aromatic N) is 3. The number of anilines is 2. The summed E-state index contributed by atoms with van der Waals surface area (Å²) in [4.78, 5) is 28.5. The van der Waals surface area contributed by atoms with Gasteiger partial charge in [0.2, 0.25) is 0 Å². The van der Waals surface area contributed by atoms with Gasteiger partial charge in [0.15, 0.2) is 5.82 Å². The van der Waals surface area contributed by atoms with Crippen LogP contribution < -0.4 is 10.6 Å². The van der Waals surface area contributed by atoms with Crippen molar-refractivity contribution >= 4 is 23.3 Å². The van der Waals surface area contributed by atoms with E-state index in [1.165, 1.54) is 18.5 Å². The molecule has 0 saturated carbocycles. The molecule has 26 heavy (non-hydrogen) atoms. The first-order valence-corrected chi connectivity index (χ1v) is 7.56. The van der Waals surface area contributed by atoms with E-state index in [0.29, 0.717) is 17.0 Å². The third kappa shape index (κ3) is 3.91. The highest BCUT2D eigenvalue weighted by Gasteiger charge is 2.13. The van der Waals surface area contributed by atoms with Crippen LogP contribution in [0.4, 0.5) is 11.5 Å². The second-order valence-corrected chi connectivity index (χ2v) is 5.38. The number of hydrogen-bond donors (Lipinski definition) is 2. The van der Waals surface area contributed by atoms with Crippen molar-refractivity contribution in [1.29, 1.82) is 5.26 Å². The second-order valence-electron chi connectivity index (χ2n) is 5.38. The molecule has 0 bridgehead atoms. The number of benzene rings is 1. The average Bonchev–Trinajstić information content (AvgIpc) is 3.07. The van der Waals surface area contributed by atoms with Gasteiger partial charge in [-0.1, -0.05) is 5.16 Å². The Bertz CT molecular complexity index is 1000. The van der Waals surface area contributed by atoms with E-state index in [0.717, 1.165) is 0 Å². The van der Waals surface area contributed by atoms with Gasteiger partial charge in [-0.05, 0) is 37.3 Å². The van der Waals surface area contributed by atoms with Gasteiger partial charge < -0.3 is 15.2 Å². The van der Waals surface area contributed by atoms with Crippen molar-refractivity contribution in [3.8, 4) is 6.07 Å². The first kappa shape index (κ1) is 16.9. The van der Waals surface area contributed by atoms with Crippen LogP contribution in [0.15, 0.2) is 53.3 Å². The number of carbonyl (C=O) groups is 2. The van der Waals surface area contributed by atoms with Gasteiger partial charge >= 0.3 is 0 Å². The molecule has 0 atom stereocenters. The number of nitriles is 1. The van der Waals surface area contributed by atoms with Crippen LogP contribution in [0.2, 0.25) is 0 Å². The summed E-state index contributed by atoms with van der Waals surface area (Å²) in [5, 5.41) is 17.7. The predicted molar refractivity (Wildman–Crippen MR) is 92.5 cm³/mol. The summed E-state index contributed by atoms with van der Waals surface area (Å²) in [6.07, 6.45) is 2.71. The van der Waals surface area contributed by atoms with Crippen LogP contribution in [0.1, 0.15) is 32.0 Å². The Kier molecular flexibility index (Phi) is 4.71. The lowest BCUT2D eigenvalue weighted by molar-refractivity contribution is 0.102. The van der Waals surface area contributed by atoms with E-state index in [1.54, 1.807) is 37.3 Å². The number of aryl methyl sites for hydroxylation is 1. The number of nitrogens with one attached hydrogen (secondary N) is 2. The number of amides is 2. The van der Waals surface area contributed by atoms with Gasteiger partial charge in [-0.25, -0.2) is 0 Å². The van der Waals surface area contributed by atoms with E-state index in [9.17, 15) is 9.59 Å². The Labute approximate surface area is 148 Å². The fraction of sp³-hybridized carbons (Fsp3) is 0.0556. The predicted octanol–water partition coefficient (Wildman–Crippen LogP) is 2.75. The maximum atomic E-state index is 12.3. The van der Waals surface area contributed by atoms with Crippen molar-refractivity contribution in [3.63, 3.8) is 0 Å². The summed E-state index contributed by atoms with van der Waals surface area (Å²) >= 11 is 0. The number of carbonyl (C=O) groups excluding carboxylic acids is 2. The van der Waals surface area contributed by atoms with Crippen molar-refractivity contribution in [2.24, 2.45) is 0 Å². The summed E-state index contributed by atoms with van der Waals surface area (Å²) in [5.74, 6) is -0.0399. The molecule has 0 saturated heterocycles.